The molecule has 3 heterocycles. The zero-order chi connectivity index (χ0) is 19.3. The van der Waals surface area contributed by atoms with Crippen LogP contribution in [0.3, 0.4) is 0 Å². The summed E-state index contributed by atoms with van der Waals surface area (Å²) in [7, 11) is 1.95. The van der Waals surface area contributed by atoms with E-state index in [9.17, 15) is 4.79 Å². The number of benzene rings is 1. The van der Waals surface area contributed by atoms with E-state index in [0.717, 1.165) is 30.4 Å². The molecule has 0 atom stereocenters. The SMILES string of the molecule is Cn1ccnc1SCCNC(=O)c1coc(CN2CCc3ccccc3C2)n1. The molecular weight excluding hydrogens is 374 g/mol. The van der Waals surface area contributed by atoms with Crippen LogP contribution >= 0.6 is 11.8 Å². The maximum Gasteiger partial charge on any atom is 0.273 e. The summed E-state index contributed by atoms with van der Waals surface area (Å²) >= 11 is 1.60. The van der Waals surface area contributed by atoms with Gasteiger partial charge in [0, 0.05) is 44.8 Å². The van der Waals surface area contributed by atoms with Gasteiger partial charge in [-0.2, -0.15) is 0 Å². The van der Waals surface area contributed by atoms with Gasteiger partial charge in [-0.15, -0.1) is 0 Å². The van der Waals surface area contributed by atoms with Gasteiger partial charge in [-0.05, 0) is 17.5 Å². The molecule has 1 aliphatic rings. The highest BCUT2D eigenvalue weighted by molar-refractivity contribution is 7.99. The molecule has 28 heavy (non-hydrogen) atoms. The summed E-state index contributed by atoms with van der Waals surface area (Å²) in [6.07, 6.45) is 6.13. The quantitative estimate of drug-likeness (QED) is 0.488. The summed E-state index contributed by atoms with van der Waals surface area (Å²) in [5.74, 6) is 1.11. The Balaban J connectivity index is 1.25. The first-order valence-electron chi connectivity index (χ1n) is 9.31. The topological polar surface area (TPSA) is 76.2 Å². The Hall–Kier alpha value is -2.58. The Labute approximate surface area is 168 Å². The number of oxazole rings is 1. The Bertz CT molecular complexity index is 951. The van der Waals surface area contributed by atoms with Crippen LogP contribution in [0.5, 0.6) is 0 Å². The highest BCUT2D eigenvalue weighted by atomic mass is 32.2. The first-order valence-corrected chi connectivity index (χ1v) is 10.3. The van der Waals surface area contributed by atoms with Gasteiger partial charge in [0.2, 0.25) is 5.89 Å². The monoisotopic (exact) mass is 397 g/mol. The van der Waals surface area contributed by atoms with Gasteiger partial charge >= 0.3 is 0 Å². The number of nitrogens with zero attached hydrogens (tertiary/aromatic N) is 4. The third-order valence-electron chi connectivity index (χ3n) is 4.75. The van der Waals surface area contributed by atoms with Crippen LogP contribution in [0.4, 0.5) is 0 Å². The Morgan fingerprint density at radius 1 is 1.32 bits per heavy atom. The fraction of sp³-hybridized carbons (Fsp3) is 0.350. The minimum atomic E-state index is -0.209. The number of fused-ring (bicyclic) bond motifs is 1. The number of hydrogen-bond donors (Lipinski definition) is 1. The van der Waals surface area contributed by atoms with Crippen LogP contribution in [-0.2, 0) is 26.6 Å². The Morgan fingerprint density at radius 3 is 3.00 bits per heavy atom. The van der Waals surface area contributed by atoms with Crippen molar-refractivity contribution in [3.63, 3.8) is 0 Å². The van der Waals surface area contributed by atoms with Crippen LogP contribution in [0, 0.1) is 0 Å². The summed E-state index contributed by atoms with van der Waals surface area (Å²) in [5.41, 5.74) is 3.09. The van der Waals surface area contributed by atoms with E-state index in [2.05, 4.69) is 44.5 Å². The van der Waals surface area contributed by atoms with Gasteiger partial charge in [0.05, 0.1) is 6.54 Å². The van der Waals surface area contributed by atoms with Gasteiger partial charge in [0.1, 0.15) is 6.26 Å². The number of aromatic nitrogens is 3. The summed E-state index contributed by atoms with van der Waals surface area (Å²) in [5, 5.41) is 3.81. The smallest absolute Gasteiger partial charge is 0.273 e. The zero-order valence-electron chi connectivity index (χ0n) is 15.8. The first-order chi connectivity index (χ1) is 13.7. The molecule has 1 aromatic carbocycles. The third kappa shape index (κ3) is 4.45. The number of amides is 1. The van der Waals surface area contributed by atoms with Crippen molar-refractivity contribution in [3.05, 3.63) is 65.6 Å². The zero-order valence-corrected chi connectivity index (χ0v) is 16.6. The average Bonchev–Trinajstić information content (AvgIpc) is 3.34. The number of aryl methyl sites for hydroxylation is 1. The average molecular weight is 398 g/mol. The van der Waals surface area contributed by atoms with Crippen LogP contribution < -0.4 is 5.32 Å². The van der Waals surface area contributed by atoms with E-state index in [1.807, 2.05) is 17.8 Å². The van der Waals surface area contributed by atoms with Crippen LogP contribution in [0.15, 0.2) is 52.5 Å². The maximum absolute atomic E-state index is 12.3. The number of hydrogen-bond acceptors (Lipinski definition) is 6. The molecular formula is C20H23N5O2S. The third-order valence-corrected chi connectivity index (χ3v) is 5.81. The van der Waals surface area contributed by atoms with E-state index in [0.29, 0.717) is 24.7 Å². The fourth-order valence-electron chi connectivity index (χ4n) is 3.26. The highest BCUT2D eigenvalue weighted by Crippen LogP contribution is 2.20. The lowest BCUT2D eigenvalue weighted by atomic mass is 10.00. The van der Waals surface area contributed by atoms with E-state index in [1.165, 1.54) is 17.4 Å². The van der Waals surface area contributed by atoms with E-state index >= 15 is 0 Å². The van der Waals surface area contributed by atoms with Crippen molar-refractivity contribution in [3.8, 4) is 0 Å². The minimum Gasteiger partial charge on any atom is -0.447 e. The van der Waals surface area contributed by atoms with Crippen molar-refractivity contribution >= 4 is 17.7 Å². The lowest BCUT2D eigenvalue weighted by molar-refractivity contribution is 0.0951. The van der Waals surface area contributed by atoms with Crippen molar-refractivity contribution in [1.82, 2.24) is 24.8 Å². The summed E-state index contributed by atoms with van der Waals surface area (Å²) in [6, 6.07) is 8.51. The summed E-state index contributed by atoms with van der Waals surface area (Å²) < 4.78 is 7.48. The molecule has 4 rings (SSSR count). The summed E-state index contributed by atoms with van der Waals surface area (Å²) in [4.78, 5) is 23.2. The normalized spacial score (nSPS) is 14.0. The van der Waals surface area contributed by atoms with Crippen LogP contribution in [-0.4, -0.2) is 44.2 Å². The molecule has 3 aromatic rings. The van der Waals surface area contributed by atoms with E-state index in [4.69, 9.17) is 4.42 Å². The molecule has 146 valence electrons. The molecule has 1 amide bonds. The van der Waals surface area contributed by atoms with Crippen molar-refractivity contribution in [2.24, 2.45) is 7.05 Å². The number of nitrogens with one attached hydrogen (secondary N) is 1. The van der Waals surface area contributed by atoms with Crippen molar-refractivity contribution in [2.45, 2.75) is 24.7 Å². The number of carbonyl (C=O) groups excluding carboxylic acids is 1. The largest absolute Gasteiger partial charge is 0.447 e. The second kappa shape index (κ2) is 8.62. The second-order valence-electron chi connectivity index (χ2n) is 6.78. The van der Waals surface area contributed by atoms with E-state index in [1.54, 1.807) is 18.0 Å². The standard InChI is InChI=1S/C20H23N5O2S/c1-24-10-7-22-20(24)28-11-8-21-19(26)17-14-27-18(23-17)13-25-9-6-15-4-2-3-5-16(15)12-25/h2-5,7,10,14H,6,8-9,11-13H2,1H3,(H,21,26). The lowest BCUT2D eigenvalue weighted by Crippen LogP contribution is -2.30. The maximum atomic E-state index is 12.3. The van der Waals surface area contributed by atoms with Gasteiger partial charge in [0.15, 0.2) is 10.9 Å². The molecule has 0 unspecified atom stereocenters. The highest BCUT2D eigenvalue weighted by Gasteiger charge is 2.19. The predicted octanol–water partition coefficient (Wildman–Crippen LogP) is 2.49. The van der Waals surface area contributed by atoms with Crippen molar-refractivity contribution in [1.29, 1.82) is 0 Å². The molecule has 0 aliphatic carbocycles. The number of carbonyl (C=O) groups is 1. The molecule has 0 bridgehead atoms. The predicted molar refractivity (Wildman–Crippen MR) is 107 cm³/mol. The first kappa shape index (κ1) is 18.8. The Kier molecular flexibility index (Phi) is 5.78. The number of thioether (sulfide) groups is 1. The lowest BCUT2D eigenvalue weighted by Gasteiger charge is -2.27. The molecule has 2 aromatic heterocycles. The second-order valence-corrected chi connectivity index (χ2v) is 7.84. The van der Waals surface area contributed by atoms with E-state index in [-0.39, 0.29) is 5.91 Å². The van der Waals surface area contributed by atoms with Gasteiger partial charge in [-0.25, -0.2) is 9.97 Å². The number of rotatable bonds is 7. The van der Waals surface area contributed by atoms with E-state index < -0.39 is 0 Å². The molecule has 0 saturated carbocycles. The fourth-order valence-corrected chi connectivity index (χ4v) is 4.04. The van der Waals surface area contributed by atoms with Crippen molar-refractivity contribution in [2.75, 3.05) is 18.8 Å². The van der Waals surface area contributed by atoms with Crippen LogP contribution in [0.2, 0.25) is 0 Å². The van der Waals surface area contributed by atoms with Gasteiger partial charge < -0.3 is 14.3 Å². The molecule has 0 fully saturated rings. The van der Waals surface area contributed by atoms with Crippen LogP contribution in [0.1, 0.15) is 27.5 Å². The molecule has 1 N–H and O–H groups in total. The molecule has 0 radical (unpaired) electrons. The van der Waals surface area contributed by atoms with Crippen molar-refractivity contribution < 1.29 is 9.21 Å². The number of imidazole rings is 1. The van der Waals surface area contributed by atoms with Gasteiger partial charge in [-0.1, -0.05) is 36.0 Å². The van der Waals surface area contributed by atoms with Crippen LogP contribution in [0.25, 0.3) is 0 Å². The van der Waals surface area contributed by atoms with Gasteiger partial charge in [0.25, 0.3) is 5.91 Å². The molecule has 0 saturated heterocycles. The summed E-state index contributed by atoms with van der Waals surface area (Å²) in [6.45, 7) is 2.99. The Morgan fingerprint density at radius 2 is 2.18 bits per heavy atom. The molecule has 1 aliphatic heterocycles. The minimum absolute atomic E-state index is 0.209. The molecule has 0 spiro atoms. The molecule has 7 nitrogen and oxygen atoms in total. The molecule has 8 heteroatoms. The van der Waals surface area contributed by atoms with Gasteiger partial charge in [-0.3, -0.25) is 9.69 Å².